The number of morpholine rings is 1. The summed E-state index contributed by atoms with van der Waals surface area (Å²) in [5, 5.41) is 11.0. The molecule has 1 N–H and O–H groups in total. The standard InChI is InChI=1S/C22H25N3O3/c1-15-12-18-19(13-16(15)2)25(14-20(26)24-8-10-28-11-9-24)22(23-18)21(27)17-6-4-3-5-7-17/h3-7,12-13,21,27H,8-11,14H2,1-2H3. The number of amides is 1. The van der Waals surface area contributed by atoms with Gasteiger partial charge in [0.15, 0.2) is 0 Å². The molecule has 6 nitrogen and oxygen atoms in total. The first kappa shape index (κ1) is 18.7. The molecule has 28 heavy (non-hydrogen) atoms. The Morgan fingerprint density at radius 1 is 1.14 bits per heavy atom. The number of fused-ring (bicyclic) bond motifs is 1. The number of imidazole rings is 1. The summed E-state index contributed by atoms with van der Waals surface area (Å²) < 4.78 is 7.21. The number of aryl methyl sites for hydroxylation is 2. The average molecular weight is 379 g/mol. The van der Waals surface area contributed by atoms with E-state index in [1.165, 1.54) is 0 Å². The van der Waals surface area contributed by atoms with Crippen molar-refractivity contribution in [2.75, 3.05) is 26.3 Å². The number of carbonyl (C=O) groups is 1. The molecule has 2 heterocycles. The lowest BCUT2D eigenvalue weighted by atomic mass is 10.1. The molecule has 6 heteroatoms. The number of aliphatic hydroxyl groups is 1. The minimum Gasteiger partial charge on any atom is -0.380 e. The zero-order valence-corrected chi connectivity index (χ0v) is 16.3. The van der Waals surface area contributed by atoms with Gasteiger partial charge < -0.3 is 19.3 Å². The molecule has 2 aromatic carbocycles. The summed E-state index contributed by atoms with van der Waals surface area (Å²) in [4.78, 5) is 19.4. The molecular weight excluding hydrogens is 354 g/mol. The summed E-state index contributed by atoms with van der Waals surface area (Å²) in [6.07, 6.45) is -0.897. The van der Waals surface area contributed by atoms with Crippen molar-refractivity contribution in [2.45, 2.75) is 26.5 Å². The number of nitrogens with zero attached hydrogens (tertiary/aromatic N) is 3. The highest BCUT2D eigenvalue weighted by molar-refractivity contribution is 5.82. The number of aliphatic hydroxyl groups excluding tert-OH is 1. The van der Waals surface area contributed by atoms with E-state index in [0.29, 0.717) is 32.1 Å². The molecule has 1 aliphatic rings. The average Bonchev–Trinajstić information content (AvgIpc) is 3.06. The molecule has 146 valence electrons. The lowest BCUT2D eigenvalue weighted by molar-refractivity contribution is -0.135. The largest absolute Gasteiger partial charge is 0.380 e. The highest BCUT2D eigenvalue weighted by Gasteiger charge is 2.24. The number of benzene rings is 2. The molecule has 1 aliphatic heterocycles. The van der Waals surface area contributed by atoms with Crippen LogP contribution in [0.3, 0.4) is 0 Å². The van der Waals surface area contributed by atoms with Crippen LogP contribution in [0.4, 0.5) is 0 Å². The molecule has 1 saturated heterocycles. The van der Waals surface area contributed by atoms with Crippen LogP contribution < -0.4 is 0 Å². The Kier molecular flexibility index (Phi) is 5.15. The Morgan fingerprint density at radius 3 is 2.54 bits per heavy atom. The molecule has 1 aromatic heterocycles. The first-order valence-electron chi connectivity index (χ1n) is 9.60. The lowest BCUT2D eigenvalue weighted by Crippen LogP contribution is -2.42. The van der Waals surface area contributed by atoms with E-state index in [-0.39, 0.29) is 12.5 Å². The summed E-state index contributed by atoms with van der Waals surface area (Å²) in [6.45, 7) is 6.56. The Labute approximate surface area is 164 Å². The van der Waals surface area contributed by atoms with E-state index in [1.54, 1.807) is 0 Å². The Bertz CT molecular complexity index is 991. The SMILES string of the molecule is Cc1cc2nc(C(O)c3ccccc3)n(CC(=O)N3CCOCC3)c2cc1C. The fourth-order valence-corrected chi connectivity index (χ4v) is 3.61. The van der Waals surface area contributed by atoms with Gasteiger partial charge in [-0.2, -0.15) is 0 Å². The van der Waals surface area contributed by atoms with E-state index in [4.69, 9.17) is 9.72 Å². The summed E-state index contributed by atoms with van der Waals surface area (Å²) in [7, 11) is 0. The molecule has 0 spiro atoms. The number of hydrogen-bond acceptors (Lipinski definition) is 4. The van der Waals surface area contributed by atoms with E-state index in [1.807, 2.05) is 65.8 Å². The molecule has 0 radical (unpaired) electrons. The van der Waals surface area contributed by atoms with E-state index < -0.39 is 6.10 Å². The third-order valence-electron chi connectivity index (χ3n) is 5.41. The Hall–Kier alpha value is -2.70. The number of hydrogen-bond donors (Lipinski definition) is 1. The zero-order chi connectivity index (χ0) is 19.7. The monoisotopic (exact) mass is 379 g/mol. The predicted octanol–water partition coefficient (Wildman–Crippen LogP) is 2.59. The molecule has 4 rings (SSSR count). The van der Waals surface area contributed by atoms with Crippen molar-refractivity contribution in [3.63, 3.8) is 0 Å². The molecular formula is C22H25N3O3. The summed E-state index contributed by atoms with van der Waals surface area (Å²) >= 11 is 0. The van der Waals surface area contributed by atoms with Crippen LogP contribution in [0.15, 0.2) is 42.5 Å². The maximum Gasteiger partial charge on any atom is 0.242 e. The zero-order valence-electron chi connectivity index (χ0n) is 16.3. The second kappa shape index (κ2) is 7.73. The Balaban J connectivity index is 1.77. The van der Waals surface area contributed by atoms with Crippen molar-refractivity contribution in [3.8, 4) is 0 Å². The quantitative estimate of drug-likeness (QED) is 0.757. The van der Waals surface area contributed by atoms with Crippen LogP contribution in [-0.4, -0.2) is 51.8 Å². The van der Waals surface area contributed by atoms with Crippen molar-refractivity contribution in [3.05, 3.63) is 65.0 Å². The predicted molar refractivity (Wildman–Crippen MR) is 107 cm³/mol. The second-order valence-corrected chi connectivity index (χ2v) is 7.29. The van der Waals surface area contributed by atoms with Gasteiger partial charge in [0.1, 0.15) is 18.5 Å². The highest BCUT2D eigenvalue weighted by Crippen LogP contribution is 2.27. The second-order valence-electron chi connectivity index (χ2n) is 7.29. The van der Waals surface area contributed by atoms with Gasteiger partial charge in [-0.25, -0.2) is 4.98 Å². The third kappa shape index (κ3) is 3.53. The molecule has 0 saturated carbocycles. The molecule has 0 bridgehead atoms. The first-order chi connectivity index (χ1) is 13.5. The maximum atomic E-state index is 12.9. The van der Waals surface area contributed by atoms with Crippen LogP contribution in [0, 0.1) is 13.8 Å². The minimum absolute atomic E-state index is 0.0161. The fourth-order valence-electron chi connectivity index (χ4n) is 3.61. The van der Waals surface area contributed by atoms with Crippen LogP contribution in [-0.2, 0) is 16.1 Å². The van der Waals surface area contributed by atoms with Crippen LogP contribution >= 0.6 is 0 Å². The van der Waals surface area contributed by atoms with Crippen LogP contribution in [0.1, 0.15) is 28.6 Å². The molecule has 1 unspecified atom stereocenters. The van der Waals surface area contributed by atoms with Crippen molar-refractivity contribution < 1.29 is 14.6 Å². The van der Waals surface area contributed by atoms with Gasteiger partial charge in [0.05, 0.1) is 24.2 Å². The third-order valence-corrected chi connectivity index (χ3v) is 5.41. The number of rotatable bonds is 4. The van der Waals surface area contributed by atoms with Gasteiger partial charge in [0.2, 0.25) is 5.91 Å². The fraction of sp³-hybridized carbons (Fsp3) is 0.364. The van der Waals surface area contributed by atoms with Gasteiger partial charge in [-0.3, -0.25) is 4.79 Å². The van der Waals surface area contributed by atoms with E-state index in [2.05, 4.69) is 0 Å². The van der Waals surface area contributed by atoms with Gasteiger partial charge in [-0.1, -0.05) is 30.3 Å². The van der Waals surface area contributed by atoms with Gasteiger partial charge in [-0.15, -0.1) is 0 Å². The summed E-state index contributed by atoms with van der Waals surface area (Å²) in [5.74, 6) is 0.509. The number of ether oxygens (including phenoxy) is 1. The van der Waals surface area contributed by atoms with Gasteiger partial charge >= 0.3 is 0 Å². The van der Waals surface area contributed by atoms with Crippen molar-refractivity contribution in [1.29, 1.82) is 0 Å². The number of aromatic nitrogens is 2. The van der Waals surface area contributed by atoms with Crippen LogP contribution in [0.25, 0.3) is 11.0 Å². The lowest BCUT2D eigenvalue weighted by Gasteiger charge is -2.27. The maximum absolute atomic E-state index is 12.9. The van der Waals surface area contributed by atoms with Gasteiger partial charge in [0.25, 0.3) is 0 Å². The molecule has 0 aliphatic carbocycles. The molecule has 1 amide bonds. The normalized spacial score (nSPS) is 15.8. The highest BCUT2D eigenvalue weighted by atomic mass is 16.5. The van der Waals surface area contributed by atoms with Crippen molar-refractivity contribution >= 4 is 16.9 Å². The van der Waals surface area contributed by atoms with Crippen molar-refractivity contribution in [1.82, 2.24) is 14.5 Å². The number of carbonyl (C=O) groups excluding carboxylic acids is 1. The van der Waals surface area contributed by atoms with Gasteiger partial charge in [0, 0.05) is 13.1 Å². The summed E-state index contributed by atoms with van der Waals surface area (Å²) in [6, 6.07) is 13.5. The van der Waals surface area contributed by atoms with Gasteiger partial charge in [-0.05, 0) is 42.7 Å². The van der Waals surface area contributed by atoms with E-state index >= 15 is 0 Å². The molecule has 3 aromatic rings. The first-order valence-corrected chi connectivity index (χ1v) is 9.60. The molecule has 1 fully saturated rings. The smallest absolute Gasteiger partial charge is 0.242 e. The molecule has 1 atom stereocenters. The van der Waals surface area contributed by atoms with E-state index in [0.717, 1.165) is 27.7 Å². The summed E-state index contributed by atoms with van der Waals surface area (Å²) in [5.41, 5.74) is 4.69. The Morgan fingerprint density at radius 2 is 1.82 bits per heavy atom. The van der Waals surface area contributed by atoms with Crippen LogP contribution in [0.5, 0.6) is 0 Å². The van der Waals surface area contributed by atoms with Crippen LogP contribution in [0.2, 0.25) is 0 Å². The minimum atomic E-state index is -0.897. The topological polar surface area (TPSA) is 67.6 Å². The van der Waals surface area contributed by atoms with Crippen molar-refractivity contribution in [2.24, 2.45) is 0 Å². The van der Waals surface area contributed by atoms with E-state index in [9.17, 15) is 9.90 Å².